The first kappa shape index (κ1) is 15.1. The van der Waals surface area contributed by atoms with Gasteiger partial charge in [0.15, 0.2) is 0 Å². The zero-order chi connectivity index (χ0) is 14.9. The van der Waals surface area contributed by atoms with E-state index in [-0.39, 0.29) is 22.1 Å². The third-order valence-corrected chi connectivity index (χ3v) is 4.75. The quantitative estimate of drug-likeness (QED) is 0.915. The van der Waals surface area contributed by atoms with Gasteiger partial charge >= 0.3 is 5.97 Å². The number of halogens is 1. The van der Waals surface area contributed by atoms with Crippen LogP contribution in [0, 0.1) is 5.92 Å². The van der Waals surface area contributed by atoms with Gasteiger partial charge in [-0.25, -0.2) is 9.78 Å². The van der Waals surface area contributed by atoms with E-state index in [1.54, 1.807) is 0 Å². The minimum atomic E-state index is -1.01. The highest BCUT2D eigenvalue weighted by atomic mass is 35.5. The fraction of sp³-hybridized carbons (Fsp3) is 0.500. The summed E-state index contributed by atoms with van der Waals surface area (Å²) in [5.74, 6) is -0.946. The highest BCUT2D eigenvalue weighted by Gasteiger charge is 2.43. The number of carboxylic acid groups (broad SMARTS) is 1. The summed E-state index contributed by atoms with van der Waals surface area (Å²) in [6.45, 7) is 3.90. The number of aromatic nitrogens is 2. The van der Waals surface area contributed by atoms with Crippen LogP contribution in [0.2, 0.25) is 5.15 Å². The van der Waals surface area contributed by atoms with Crippen molar-refractivity contribution in [1.29, 1.82) is 0 Å². The van der Waals surface area contributed by atoms with Crippen molar-refractivity contribution >= 4 is 35.2 Å². The average molecular weight is 316 g/mol. The molecule has 1 N–H and O–H groups in total. The van der Waals surface area contributed by atoms with Crippen LogP contribution >= 0.6 is 23.4 Å². The SMILES string of the molecule is CC(C)C1SCC(C(=O)O)N1C(=O)c1cncc(Cl)n1. The molecule has 6 nitrogen and oxygen atoms in total. The molecule has 2 rings (SSSR count). The van der Waals surface area contributed by atoms with Gasteiger partial charge in [-0.2, -0.15) is 0 Å². The Labute approximate surface area is 125 Å². The molecule has 1 saturated heterocycles. The number of carboxylic acids is 1. The summed E-state index contributed by atoms with van der Waals surface area (Å²) in [7, 11) is 0. The molecule has 0 radical (unpaired) electrons. The summed E-state index contributed by atoms with van der Waals surface area (Å²) in [4.78, 5) is 32.9. The number of aliphatic carboxylic acids is 1. The molecule has 1 fully saturated rings. The fourth-order valence-electron chi connectivity index (χ4n) is 2.07. The Kier molecular flexibility index (Phi) is 4.49. The van der Waals surface area contributed by atoms with E-state index in [1.807, 2.05) is 13.8 Å². The van der Waals surface area contributed by atoms with Gasteiger partial charge in [0, 0.05) is 5.75 Å². The molecule has 0 saturated carbocycles. The summed E-state index contributed by atoms with van der Waals surface area (Å²) in [5, 5.41) is 9.18. The molecule has 1 aliphatic rings. The van der Waals surface area contributed by atoms with Crippen LogP contribution < -0.4 is 0 Å². The molecule has 2 atom stereocenters. The van der Waals surface area contributed by atoms with Gasteiger partial charge in [0.25, 0.3) is 5.91 Å². The number of carbonyl (C=O) groups is 2. The van der Waals surface area contributed by atoms with Gasteiger partial charge < -0.3 is 10.0 Å². The number of hydrogen-bond acceptors (Lipinski definition) is 5. The van der Waals surface area contributed by atoms with E-state index < -0.39 is 17.9 Å². The third-order valence-electron chi connectivity index (χ3n) is 2.95. The van der Waals surface area contributed by atoms with E-state index in [1.165, 1.54) is 29.1 Å². The lowest BCUT2D eigenvalue weighted by Gasteiger charge is -2.29. The second-order valence-electron chi connectivity index (χ2n) is 4.76. The Morgan fingerprint density at radius 2 is 2.20 bits per heavy atom. The van der Waals surface area contributed by atoms with Crippen LogP contribution in [0.25, 0.3) is 0 Å². The first-order chi connectivity index (χ1) is 9.41. The van der Waals surface area contributed by atoms with E-state index >= 15 is 0 Å². The maximum Gasteiger partial charge on any atom is 0.327 e. The van der Waals surface area contributed by atoms with Gasteiger partial charge in [0.05, 0.1) is 17.8 Å². The molecule has 108 valence electrons. The van der Waals surface area contributed by atoms with Crippen molar-refractivity contribution in [3.05, 3.63) is 23.2 Å². The fourth-order valence-corrected chi connectivity index (χ4v) is 3.68. The van der Waals surface area contributed by atoms with Gasteiger partial charge in [-0.05, 0) is 5.92 Å². The van der Waals surface area contributed by atoms with Crippen molar-refractivity contribution in [2.45, 2.75) is 25.3 Å². The lowest BCUT2D eigenvalue weighted by atomic mass is 10.1. The van der Waals surface area contributed by atoms with Crippen molar-refractivity contribution < 1.29 is 14.7 Å². The molecule has 1 aromatic heterocycles. The van der Waals surface area contributed by atoms with E-state index in [0.29, 0.717) is 5.75 Å². The zero-order valence-electron chi connectivity index (χ0n) is 11.0. The number of carbonyl (C=O) groups excluding carboxylic acids is 1. The number of hydrogen-bond donors (Lipinski definition) is 1. The van der Waals surface area contributed by atoms with Crippen LogP contribution in [-0.2, 0) is 4.79 Å². The molecule has 1 amide bonds. The minimum Gasteiger partial charge on any atom is -0.480 e. The molecule has 20 heavy (non-hydrogen) atoms. The highest BCUT2D eigenvalue weighted by Crippen LogP contribution is 2.35. The van der Waals surface area contributed by atoms with E-state index in [9.17, 15) is 14.7 Å². The number of thioether (sulfide) groups is 1. The smallest absolute Gasteiger partial charge is 0.327 e. The summed E-state index contributed by atoms with van der Waals surface area (Å²) >= 11 is 7.19. The number of amides is 1. The predicted octanol–water partition coefficient (Wildman–Crippen LogP) is 1.75. The average Bonchev–Trinajstić information content (AvgIpc) is 2.82. The molecule has 0 spiro atoms. The molecule has 1 aromatic rings. The summed E-state index contributed by atoms with van der Waals surface area (Å²) in [6, 6.07) is -0.847. The standard InChI is InChI=1S/C12H14ClN3O3S/c1-6(2)11-16(8(5-20-11)12(18)19)10(17)7-3-14-4-9(13)15-7/h3-4,6,8,11H,5H2,1-2H3,(H,18,19). The van der Waals surface area contributed by atoms with Crippen LogP contribution in [0.4, 0.5) is 0 Å². The molecule has 0 aromatic carbocycles. The lowest BCUT2D eigenvalue weighted by molar-refractivity contribution is -0.141. The molecular weight excluding hydrogens is 302 g/mol. The zero-order valence-corrected chi connectivity index (χ0v) is 12.6. The molecule has 0 bridgehead atoms. The van der Waals surface area contributed by atoms with E-state index in [2.05, 4.69) is 9.97 Å². The number of rotatable bonds is 3. The molecular formula is C12H14ClN3O3S. The van der Waals surface area contributed by atoms with Gasteiger partial charge in [0.2, 0.25) is 0 Å². The normalized spacial score (nSPS) is 22.3. The van der Waals surface area contributed by atoms with Crippen molar-refractivity contribution in [2.24, 2.45) is 5.92 Å². The maximum absolute atomic E-state index is 12.5. The summed E-state index contributed by atoms with van der Waals surface area (Å²) < 4.78 is 0. The monoisotopic (exact) mass is 315 g/mol. The molecule has 1 aliphatic heterocycles. The van der Waals surface area contributed by atoms with Gasteiger partial charge in [-0.1, -0.05) is 25.4 Å². The van der Waals surface area contributed by atoms with Crippen LogP contribution in [-0.4, -0.2) is 49.0 Å². The Bertz CT molecular complexity index is 540. The van der Waals surface area contributed by atoms with Gasteiger partial charge in [0.1, 0.15) is 16.9 Å². The second kappa shape index (κ2) is 5.97. The molecule has 0 aliphatic carbocycles. The van der Waals surface area contributed by atoms with Crippen LogP contribution in [0.3, 0.4) is 0 Å². The van der Waals surface area contributed by atoms with Crippen LogP contribution in [0.1, 0.15) is 24.3 Å². The van der Waals surface area contributed by atoms with Crippen molar-refractivity contribution in [1.82, 2.24) is 14.9 Å². The largest absolute Gasteiger partial charge is 0.480 e. The molecule has 8 heteroatoms. The van der Waals surface area contributed by atoms with Gasteiger partial charge in [-0.15, -0.1) is 11.8 Å². The Hall–Kier alpha value is -1.34. The lowest BCUT2D eigenvalue weighted by Crippen LogP contribution is -2.47. The van der Waals surface area contributed by atoms with Crippen molar-refractivity contribution in [2.75, 3.05) is 5.75 Å². The van der Waals surface area contributed by atoms with Crippen LogP contribution in [0.5, 0.6) is 0 Å². The van der Waals surface area contributed by atoms with E-state index in [0.717, 1.165) is 0 Å². The molecule has 2 heterocycles. The van der Waals surface area contributed by atoms with Crippen LogP contribution in [0.15, 0.2) is 12.4 Å². The number of nitrogens with zero attached hydrogens (tertiary/aromatic N) is 3. The first-order valence-electron chi connectivity index (χ1n) is 6.06. The Morgan fingerprint density at radius 3 is 2.75 bits per heavy atom. The second-order valence-corrected chi connectivity index (χ2v) is 6.30. The van der Waals surface area contributed by atoms with Crippen molar-refractivity contribution in [3.8, 4) is 0 Å². The van der Waals surface area contributed by atoms with Gasteiger partial charge in [-0.3, -0.25) is 9.78 Å². The highest BCUT2D eigenvalue weighted by molar-refractivity contribution is 8.00. The van der Waals surface area contributed by atoms with Crippen molar-refractivity contribution in [3.63, 3.8) is 0 Å². The Balaban J connectivity index is 2.34. The maximum atomic E-state index is 12.5. The summed E-state index contributed by atoms with van der Waals surface area (Å²) in [6.07, 6.45) is 2.62. The first-order valence-corrected chi connectivity index (χ1v) is 7.49. The molecule has 2 unspecified atom stereocenters. The third kappa shape index (κ3) is 2.88. The van der Waals surface area contributed by atoms with E-state index in [4.69, 9.17) is 11.6 Å². The Morgan fingerprint density at radius 1 is 1.50 bits per heavy atom. The topological polar surface area (TPSA) is 83.4 Å². The summed E-state index contributed by atoms with van der Waals surface area (Å²) in [5.41, 5.74) is 0.0666. The predicted molar refractivity (Wildman–Crippen MR) is 75.7 cm³/mol. The minimum absolute atomic E-state index is 0.0666.